The van der Waals surface area contributed by atoms with E-state index in [1.807, 2.05) is 6.92 Å². The summed E-state index contributed by atoms with van der Waals surface area (Å²) >= 11 is 0. The van der Waals surface area contributed by atoms with Gasteiger partial charge in [-0.15, -0.1) is 0 Å². The Hall–Kier alpha value is -0.610. The average molecular weight is 296 g/mol. The molecule has 1 heterocycles. The van der Waals surface area contributed by atoms with Gasteiger partial charge in [-0.3, -0.25) is 4.79 Å². The number of hydrogen-bond donors (Lipinski definition) is 1. The molecule has 0 aromatic carbocycles. The number of carbonyl (C=O) groups is 1. The van der Waals surface area contributed by atoms with E-state index in [9.17, 15) is 4.79 Å². The molecule has 2 fully saturated rings. The number of rotatable bonds is 6. The van der Waals surface area contributed by atoms with Crippen molar-refractivity contribution in [2.75, 3.05) is 26.2 Å². The average Bonchev–Trinajstić information content (AvgIpc) is 2.97. The molecule has 1 saturated heterocycles. The monoisotopic (exact) mass is 296 g/mol. The Morgan fingerprint density at radius 1 is 1.33 bits per heavy atom. The summed E-state index contributed by atoms with van der Waals surface area (Å²) in [5.41, 5.74) is -0.446. The van der Waals surface area contributed by atoms with Crippen molar-refractivity contribution < 1.29 is 9.53 Å². The molecule has 0 aromatic heterocycles. The van der Waals surface area contributed by atoms with E-state index in [0.717, 1.165) is 31.7 Å². The molecule has 2 aliphatic rings. The Morgan fingerprint density at radius 2 is 2.14 bits per heavy atom. The van der Waals surface area contributed by atoms with Crippen LogP contribution in [0.15, 0.2) is 0 Å². The SMILES string of the molecule is CCNC1(C(=O)OCC)CCCC(N2CCC(CC)C2)C1. The third-order valence-corrected chi connectivity index (χ3v) is 5.32. The second-order valence-electron chi connectivity index (χ2n) is 6.64. The number of esters is 1. The molecule has 0 bridgehead atoms. The zero-order valence-electron chi connectivity index (χ0n) is 14.0. The highest BCUT2D eigenvalue weighted by Crippen LogP contribution is 2.35. The van der Waals surface area contributed by atoms with E-state index in [1.165, 1.54) is 32.4 Å². The normalized spacial score (nSPS) is 34.0. The highest BCUT2D eigenvalue weighted by molar-refractivity contribution is 5.81. The van der Waals surface area contributed by atoms with Crippen LogP contribution in [0, 0.1) is 5.92 Å². The standard InChI is InChI=1S/C17H32N2O2/c1-4-14-9-11-19(13-14)15-8-7-10-17(12-15,18-5-2)16(20)21-6-3/h14-15,18H,4-13H2,1-3H3. The van der Waals surface area contributed by atoms with E-state index >= 15 is 0 Å². The lowest BCUT2D eigenvalue weighted by Gasteiger charge is -2.42. The molecule has 0 spiro atoms. The van der Waals surface area contributed by atoms with Gasteiger partial charge in [-0.05, 0) is 58.0 Å². The molecule has 21 heavy (non-hydrogen) atoms. The van der Waals surface area contributed by atoms with Gasteiger partial charge < -0.3 is 15.0 Å². The van der Waals surface area contributed by atoms with Crippen molar-refractivity contribution in [3.05, 3.63) is 0 Å². The van der Waals surface area contributed by atoms with E-state index in [4.69, 9.17) is 4.74 Å². The first-order valence-corrected chi connectivity index (χ1v) is 8.81. The summed E-state index contributed by atoms with van der Waals surface area (Å²) in [7, 11) is 0. The Kier molecular flexibility index (Phi) is 6.06. The quantitative estimate of drug-likeness (QED) is 0.765. The van der Waals surface area contributed by atoms with Crippen molar-refractivity contribution in [2.45, 2.75) is 70.9 Å². The zero-order valence-corrected chi connectivity index (χ0v) is 14.0. The molecule has 1 aliphatic carbocycles. The number of nitrogens with zero attached hydrogens (tertiary/aromatic N) is 1. The van der Waals surface area contributed by atoms with Gasteiger partial charge in [0.15, 0.2) is 0 Å². The van der Waals surface area contributed by atoms with Gasteiger partial charge in [0.1, 0.15) is 5.54 Å². The first kappa shape index (κ1) is 16.8. The van der Waals surface area contributed by atoms with Gasteiger partial charge in [0.25, 0.3) is 0 Å². The molecule has 1 N–H and O–H groups in total. The molecule has 1 saturated carbocycles. The molecule has 4 nitrogen and oxygen atoms in total. The van der Waals surface area contributed by atoms with E-state index in [-0.39, 0.29) is 5.97 Å². The molecule has 122 valence electrons. The molecular formula is C17H32N2O2. The second-order valence-corrected chi connectivity index (χ2v) is 6.64. The maximum Gasteiger partial charge on any atom is 0.326 e. The van der Waals surface area contributed by atoms with Crippen LogP contribution >= 0.6 is 0 Å². The van der Waals surface area contributed by atoms with Gasteiger partial charge >= 0.3 is 5.97 Å². The topological polar surface area (TPSA) is 41.6 Å². The minimum atomic E-state index is -0.446. The predicted molar refractivity (Wildman–Crippen MR) is 85.3 cm³/mol. The molecule has 1 aliphatic heterocycles. The summed E-state index contributed by atoms with van der Waals surface area (Å²) < 4.78 is 5.37. The van der Waals surface area contributed by atoms with Gasteiger partial charge in [0.05, 0.1) is 6.61 Å². The Labute approximate surface area is 129 Å². The summed E-state index contributed by atoms with van der Waals surface area (Å²) in [6.45, 7) is 9.97. The van der Waals surface area contributed by atoms with Crippen molar-refractivity contribution in [1.29, 1.82) is 0 Å². The van der Waals surface area contributed by atoms with Crippen LogP contribution in [0.1, 0.15) is 59.3 Å². The maximum atomic E-state index is 12.5. The van der Waals surface area contributed by atoms with Crippen LogP contribution in [0.25, 0.3) is 0 Å². The molecular weight excluding hydrogens is 264 g/mol. The van der Waals surface area contributed by atoms with E-state index < -0.39 is 5.54 Å². The largest absolute Gasteiger partial charge is 0.465 e. The number of nitrogens with one attached hydrogen (secondary N) is 1. The van der Waals surface area contributed by atoms with Gasteiger partial charge in [0, 0.05) is 12.6 Å². The molecule has 3 unspecified atom stereocenters. The predicted octanol–water partition coefficient (Wildman–Crippen LogP) is 2.57. The third kappa shape index (κ3) is 3.78. The Morgan fingerprint density at radius 3 is 2.76 bits per heavy atom. The molecule has 3 atom stereocenters. The molecule has 0 aromatic rings. The fourth-order valence-electron chi connectivity index (χ4n) is 4.11. The summed E-state index contributed by atoms with van der Waals surface area (Å²) in [6, 6.07) is 0.541. The number of carbonyl (C=O) groups excluding carboxylic acids is 1. The highest BCUT2D eigenvalue weighted by atomic mass is 16.5. The Balaban J connectivity index is 2.04. The van der Waals surface area contributed by atoms with Gasteiger partial charge in [-0.1, -0.05) is 20.3 Å². The first-order chi connectivity index (χ1) is 10.1. The minimum Gasteiger partial charge on any atom is -0.465 e. The van der Waals surface area contributed by atoms with Gasteiger partial charge in [0.2, 0.25) is 0 Å². The lowest BCUT2D eigenvalue weighted by atomic mass is 9.78. The van der Waals surface area contributed by atoms with Gasteiger partial charge in [-0.2, -0.15) is 0 Å². The van der Waals surface area contributed by atoms with E-state index in [0.29, 0.717) is 12.6 Å². The molecule has 0 radical (unpaired) electrons. The van der Waals surface area contributed by atoms with Crippen LogP contribution in [-0.2, 0) is 9.53 Å². The second kappa shape index (κ2) is 7.59. The van der Waals surface area contributed by atoms with E-state index in [1.54, 1.807) is 0 Å². The third-order valence-electron chi connectivity index (χ3n) is 5.32. The lowest BCUT2D eigenvalue weighted by Crippen LogP contribution is -2.58. The van der Waals surface area contributed by atoms with Crippen molar-refractivity contribution >= 4 is 5.97 Å². The van der Waals surface area contributed by atoms with Crippen molar-refractivity contribution in [2.24, 2.45) is 5.92 Å². The summed E-state index contributed by atoms with van der Waals surface area (Å²) in [5.74, 6) is 0.811. The molecule has 4 heteroatoms. The smallest absolute Gasteiger partial charge is 0.326 e. The van der Waals surface area contributed by atoms with Crippen molar-refractivity contribution in [1.82, 2.24) is 10.2 Å². The maximum absolute atomic E-state index is 12.5. The van der Waals surface area contributed by atoms with Crippen LogP contribution < -0.4 is 5.32 Å². The fraction of sp³-hybridized carbons (Fsp3) is 0.941. The van der Waals surface area contributed by atoms with Crippen LogP contribution in [0.3, 0.4) is 0 Å². The number of likely N-dealkylation sites (N-methyl/N-ethyl adjacent to an activating group) is 1. The summed E-state index contributed by atoms with van der Waals surface area (Å²) in [6.07, 6.45) is 6.77. The minimum absolute atomic E-state index is 0.0391. The molecule has 2 rings (SSSR count). The highest BCUT2D eigenvalue weighted by Gasteiger charge is 2.45. The summed E-state index contributed by atoms with van der Waals surface area (Å²) in [4.78, 5) is 15.1. The Bertz CT molecular complexity index is 344. The van der Waals surface area contributed by atoms with Crippen LogP contribution in [0.5, 0.6) is 0 Å². The summed E-state index contributed by atoms with van der Waals surface area (Å²) in [5, 5.41) is 3.46. The van der Waals surface area contributed by atoms with Gasteiger partial charge in [-0.25, -0.2) is 0 Å². The number of hydrogen-bond acceptors (Lipinski definition) is 4. The number of likely N-dealkylation sites (tertiary alicyclic amines) is 1. The fourth-order valence-corrected chi connectivity index (χ4v) is 4.11. The van der Waals surface area contributed by atoms with Crippen LogP contribution in [0.4, 0.5) is 0 Å². The van der Waals surface area contributed by atoms with E-state index in [2.05, 4.69) is 24.1 Å². The first-order valence-electron chi connectivity index (χ1n) is 8.81. The van der Waals surface area contributed by atoms with Crippen LogP contribution in [0.2, 0.25) is 0 Å². The van der Waals surface area contributed by atoms with Crippen molar-refractivity contribution in [3.63, 3.8) is 0 Å². The van der Waals surface area contributed by atoms with Crippen LogP contribution in [-0.4, -0.2) is 48.7 Å². The van der Waals surface area contributed by atoms with Crippen molar-refractivity contribution in [3.8, 4) is 0 Å². The zero-order chi connectivity index (χ0) is 15.3. The lowest BCUT2D eigenvalue weighted by molar-refractivity contribution is -0.153. The number of ether oxygens (including phenoxy) is 1. The molecule has 0 amide bonds.